The molecule has 2 aromatic carbocycles. The number of amides is 1. The van der Waals surface area contributed by atoms with Crippen molar-refractivity contribution in [1.82, 2.24) is 5.43 Å². The second kappa shape index (κ2) is 9.59. The lowest BCUT2D eigenvalue weighted by atomic mass is 10.2. The largest absolute Gasteiger partial charge is 0.496 e. The molecule has 6 nitrogen and oxygen atoms in total. The van der Waals surface area contributed by atoms with Gasteiger partial charge in [0.05, 0.1) is 37.1 Å². The van der Waals surface area contributed by atoms with Crippen LogP contribution in [0, 0.1) is 0 Å². The van der Waals surface area contributed by atoms with Crippen LogP contribution in [-0.4, -0.2) is 32.9 Å². The Bertz CT molecular complexity index is 825. The first-order valence-corrected chi connectivity index (χ1v) is 9.26. The van der Waals surface area contributed by atoms with Gasteiger partial charge < -0.3 is 14.2 Å². The maximum absolute atomic E-state index is 12.3. The van der Waals surface area contributed by atoms with Gasteiger partial charge in [0, 0.05) is 4.47 Å². The Morgan fingerprint density at radius 1 is 1.15 bits per heavy atom. The van der Waals surface area contributed by atoms with Crippen LogP contribution in [0.2, 0.25) is 0 Å². The minimum Gasteiger partial charge on any atom is -0.496 e. The Morgan fingerprint density at radius 2 is 1.88 bits per heavy atom. The van der Waals surface area contributed by atoms with Crippen molar-refractivity contribution in [1.29, 1.82) is 0 Å². The maximum Gasteiger partial charge on any atom is 0.275 e. The van der Waals surface area contributed by atoms with Crippen LogP contribution in [0.5, 0.6) is 17.2 Å². The van der Waals surface area contributed by atoms with Crippen LogP contribution in [0.15, 0.2) is 44.4 Å². The Balaban J connectivity index is 2.17. The third kappa shape index (κ3) is 4.98. The van der Waals surface area contributed by atoms with E-state index in [-0.39, 0.29) is 5.91 Å². The predicted octanol–water partition coefficient (Wildman–Crippen LogP) is 4.39. The van der Waals surface area contributed by atoms with Crippen molar-refractivity contribution in [3.63, 3.8) is 0 Å². The third-order valence-electron chi connectivity index (χ3n) is 3.33. The lowest BCUT2D eigenvalue weighted by Crippen LogP contribution is -2.18. The monoisotopic (exact) mass is 484 g/mol. The zero-order chi connectivity index (χ0) is 19.1. The van der Waals surface area contributed by atoms with Crippen LogP contribution >= 0.6 is 31.9 Å². The number of hydrogen-bond donors (Lipinski definition) is 1. The number of hydrogen-bond acceptors (Lipinski definition) is 5. The van der Waals surface area contributed by atoms with Gasteiger partial charge in [0.1, 0.15) is 5.75 Å². The highest BCUT2D eigenvalue weighted by atomic mass is 79.9. The topological polar surface area (TPSA) is 69.2 Å². The molecular weight excluding hydrogens is 468 g/mol. The number of benzene rings is 2. The molecule has 0 fully saturated rings. The average molecular weight is 486 g/mol. The Labute approximate surface area is 168 Å². The number of ether oxygens (including phenoxy) is 3. The van der Waals surface area contributed by atoms with E-state index in [0.717, 1.165) is 14.5 Å². The minimum absolute atomic E-state index is 0.378. The van der Waals surface area contributed by atoms with Gasteiger partial charge in [0.2, 0.25) is 0 Å². The Morgan fingerprint density at radius 3 is 2.54 bits per heavy atom. The van der Waals surface area contributed by atoms with Crippen molar-refractivity contribution in [3.05, 3.63) is 50.4 Å². The highest BCUT2D eigenvalue weighted by Crippen LogP contribution is 2.36. The quantitative estimate of drug-likeness (QED) is 0.466. The smallest absolute Gasteiger partial charge is 0.275 e. The van der Waals surface area contributed by atoms with Crippen molar-refractivity contribution in [3.8, 4) is 17.2 Å². The van der Waals surface area contributed by atoms with Crippen LogP contribution < -0.4 is 19.6 Å². The van der Waals surface area contributed by atoms with Gasteiger partial charge in [-0.05, 0) is 58.7 Å². The van der Waals surface area contributed by atoms with Crippen molar-refractivity contribution in [2.45, 2.75) is 6.92 Å². The van der Waals surface area contributed by atoms with E-state index in [4.69, 9.17) is 14.2 Å². The molecule has 0 heterocycles. The normalized spacial score (nSPS) is 10.7. The van der Waals surface area contributed by atoms with Crippen LogP contribution in [0.4, 0.5) is 0 Å². The van der Waals surface area contributed by atoms with Crippen LogP contribution in [-0.2, 0) is 0 Å². The zero-order valence-corrected chi connectivity index (χ0v) is 17.7. The fourth-order valence-electron chi connectivity index (χ4n) is 2.18. The van der Waals surface area contributed by atoms with Crippen LogP contribution in [0.1, 0.15) is 22.8 Å². The summed E-state index contributed by atoms with van der Waals surface area (Å²) < 4.78 is 17.6. The first-order chi connectivity index (χ1) is 12.5. The van der Waals surface area contributed by atoms with E-state index in [1.165, 1.54) is 13.3 Å². The van der Waals surface area contributed by atoms with Gasteiger partial charge in [-0.25, -0.2) is 5.43 Å². The van der Waals surface area contributed by atoms with Gasteiger partial charge in [-0.1, -0.05) is 15.9 Å². The Hall–Kier alpha value is -2.06. The summed E-state index contributed by atoms with van der Waals surface area (Å²) in [5, 5.41) is 4.00. The minimum atomic E-state index is -0.378. The van der Waals surface area contributed by atoms with Crippen LogP contribution in [0.3, 0.4) is 0 Å². The lowest BCUT2D eigenvalue weighted by molar-refractivity contribution is 0.0952. The summed E-state index contributed by atoms with van der Waals surface area (Å²) in [6, 6.07) is 8.76. The molecule has 0 spiro atoms. The highest BCUT2D eigenvalue weighted by molar-refractivity contribution is 9.10. The second-order valence-electron chi connectivity index (χ2n) is 5.01. The van der Waals surface area contributed by atoms with Gasteiger partial charge in [0.25, 0.3) is 5.91 Å². The summed E-state index contributed by atoms with van der Waals surface area (Å²) in [4.78, 5) is 12.3. The van der Waals surface area contributed by atoms with E-state index < -0.39 is 0 Å². The fraction of sp³-hybridized carbons (Fsp3) is 0.222. The van der Waals surface area contributed by atoms with Crippen molar-refractivity contribution in [2.24, 2.45) is 5.10 Å². The molecule has 26 heavy (non-hydrogen) atoms. The van der Waals surface area contributed by atoms with E-state index in [1.54, 1.807) is 31.4 Å². The number of carbonyl (C=O) groups is 1. The van der Waals surface area contributed by atoms with Crippen molar-refractivity contribution in [2.75, 3.05) is 20.8 Å². The van der Waals surface area contributed by atoms with Crippen LogP contribution in [0.25, 0.3) is 0 Å². The van der Waals surface area contributed by atoms with E-state index in [2.05, 4.69) is 42.4 Å². The molecule has 138 valence electrons. The van der Waals surface area contributed by atoms with Gasteiger partial charge >= 0.3 is 0 Å². The molecule has 0 aliphatic heterocycles. The molecule has 0 saturated carbocycles. The standard InChI is InChI=1S/C18H18Br2N2O4/c1-4-26-17-14(20)7-11(8-16(17)25-3)10-21-22-18(23)13-9-12(19)5-6-15(13)24-2/h5-10H,4H2,1-3H3,(H,22,23)/b21-10-. The van der Waals surface area contributed by atoms with E-state index in [9.17, 15) is 4.79 Å². The first kappa shape index (κ1) is 20.3. The number of carbonyl (C=O) groups excluding carboxylic acids is 1. The number of nitrogens with zero attached hydrogens (tertiary/aromatic N) is 1. The summed E-state index contributed by atoms with van der Waals surface area (Å²) >= 11 is 6.79. The molecule has 0 aliphatic rings. The molecule has 0 saturated heterocycles. The predicted molar refractivity (Wildman–Crippen MR) is 108 cm³/mol. The molecule has 1 amide bonds. The first-order valence-electron chi connectivity index (χ1n) is 7.67. The molecule has 0 radical (unpaired) electrons. The summed E-state index contributed by atoms with van der Waals surface area (Å²) in [6.45, 7) is 2.42. The number of rotatable bonds is 7. The Kier molecular flexibility index (Phi) is 7.47. The molecule has 8 heteroatoms. The molecule has 0 atom stereocenters. The molecule has 0 bridgehead atoms. The molecule has 2 rings (SSSR count). The van der Waals surface area contributed by atoms with E-state index in [0.29, 0.717) is 29.4 Å². The molecule has 0 unspecified atom stereocenters. The molecule has 0 aromatic heterocycles. The van der Waals surface area contributed by atoms with Gasteiger partial charge in [-0.15, -0.1) is 0 Å². The number of nitrogens with one attached hydrogen (secondary N) is 1. The summed E-state index contributed by atoms with van der Waals surface area (Å²) in [6.07, 6.45) is 1.52. The number of hydrazone groups is 1. The molecule has 0 aliphatic carbocycles. The fourth-order valence-corrected chi connectivity index (χ4v) is 3.12. The van der Waals surface area contributed by atoms with E-state index >= 15 is 0 Å². The number of methoxy groups -OCH3 is 2. The van der Waals surface area contributed by atoms with E-state index in [1.807, 2.05) is 13.0 Å². The highest BCUT2D eigenvalue weighted by Gasteiger charge is 2.13. The summed E-state index contributed by atoms with van der Waals surface area (Å²) in [7, 11) is 3.07. The van der Waals surface area contributed by atoms with Crippen molar-refractivity contribution >= 4 is 44.0 Å². The van der Waals surface area contributed by atoms with Gasteiger partial charge in [0.15, 0.2) is 11.5 Å². The summed E-state index contributed by atoms with van der Waals surface area (Å²) in [5.41, 5.74) is 3.60. The zero-order valence-electron chi connectivity index (χ0n) is 14.5. The van der Waals surface area contributed by atoms with Gasteiger partial charge in [-0.2, -0.15) is 5.10 Å². The average Bonchev–Trinajstić information content (AvgIpc) is 2.63. The summed E-state index contributed by atoms with van der Waals surface area (Å²) in [5.74, 6) is 1.28. The third-order valence-corrected chi connectivity index (χ3v) is 4.41. The number of halogens is 2. The van der Waals surface area contributed by atoms with Crippen molar-refractivity contribution < 1.29 is 19.0 Å². The molecular formula is C18H18Br2N2O4. The molecule has 1 N–H and O–H groups in total. The molecule has 2 aromatic rings. The lowest BCUT2D eigenvalue weighted by Gasteiger charge is -2.12. The maximum atomic E-state index is 12.3. The second-order valence-corrected chi connectivity index (χ2v) is 6.78. The van der Waals surface area contributed by atoms with Gasteiger partial charge in [-0.3, -0.25) is 4.79 Å². The SMILES string of the molecule is CCOc1c(Br)cc(/C=N\NC(=O)c2cc(Br)ccc2OC)cc1OC.